The average Bonchev–Trinajstić information content (AvgIpc) is 3.21. The normalized spacial score (nSPS) is 16.2. The second kappa shape index (κ2) is 6.75. The van der Waals surface area contributed by atoms with Crippen LogP contribution in [0.4, 0.5) is 4.39 Å². The van der Waals surface area contributed by atoms with E-state index in [4.69, 9.17) is 0 Å². The summed E-state index contributed by atoms with van der Waals surface area (Å²) in [7, 11) is 0. The molecule has 5 heteroatoms. The molecule has 2 heterocycles. The molecule has 4 nitrogen and oxygen atoms in total. The van der Waals surface area contributed by atoms with Gasteiger partial charge in [-0.15, -0.1) is 0 Å². The number of H-pyrrole nitrogens is 1. The summed E-state index contributed by atoms with van der Waals surface area (Å²) in [6.45, 7) is 2.76. The number of rotatable bonds is 5. The number of halogens is 1. The highest BCUT2D eigenvalue weighted by molar-refractivity contribution is 6.00. The van der Waals surface area contributed by atoms with Crippen molar-refractivity contribution >= 4 is 5.91 Å². The number of aromatic amines is 1. The zero-order valence-electron chi connectivity index (χ0n) is 14.6. The molecule has 4 rings (SSSR count). The van der Waals surface area contributed by atoms with Gasteiger partial charge in [-0.2, -0.15) is 5.10 Å². The van der Waals surface area contributed by atoms with Crippen LogP contribution in [0, 0.1) is 5.82 Å². The number of nitrogens with zero attached hydrogens (tertiary/aromatic N) is 2. The van der Waals surface area contributed by atoms with E-state index in [0.717, 1.165) is 35.2 Å². The van der Waals surface area contributed by atoms with E-state index in [1.54, 1.807) is 12.1 Å². The van der Waals surface area contributed by atoms with E-state index in [-0.39, 0.29) is 17.8 Å². The number of unbranched alkanes of at least 4 members (excludes halogenated alkanes) is 1. The number of carbonyl (C=O) groups excluding carboxylic acids is 1. The number of aromatic nitrogens is 2. The Bertz CT molecular complexity index is 918. The molecule has 132 valence electrons. The SMILES string of the molecule is CCCCN1C(=O)c2[nH]nc(-c3ccccc3)c2C1c1ccc(F)cc1. The Kier molecular flexibility index (Phi) is 4.29. The topological polar surface area (TPSA) is 49.0 Å². The van der Waals surface area contributed by atoms with Crippen LogP contribution in [0.15, 0.2) is 54.6 Å². The van der Waals surface area contributed by atoms with Gasteiger partial charge in [0.05, 0.1) is 11.7 Å². The highest BCUT2D eigenvalue weighted by Crippen LogP contribution is 2.42. The molecular formula is C21H20FN3O. The molecule has 1 aromatic heterocycles. The van der Waals surface area contributed by atoms with E-state index >= 15 is 0 Å². The molecule has 1 amide bonds. The summed E-state index contributed by atoms with van der Waals surface area (Å²) in [4.78, 5) is 14.8. The van der Waals surface area contributed by atoms with Crippen LogP contribution in [-0.2, 0) is 0 Å². The number of benzene rings is 2. The van der Waals surface area contributed by atoms with Gasteiger partial charge in [0.15, 0.2) is 0 Å². The van der Waals surface area contributed by atoms with Gasteiger partial charge in [0.25, 0.3) is 5.91 Å². The summed E-state index contributed by atoms with van der Waals surface area (Å²) in [6.07, 6.45) is 1.92. The lowest BCUT2D eigenvalue weighted by atomic mass is 9.96. The Balaban J connectivity index is 1.85. The van der Waals surface area contributed by atoms with Crippen molar-refractivity contribution in [3.8, 4) is 11.3 Å². The van der Waals surface area contributed by atoms with Gasteiger partial charge in [-0.05, 0) is 24.1 Å². The van der Waals surface area contributed by atoms with E-state index < -0.39 is 0 Å². The highest BCUT2D eigenvalue weighted by Gasteiger charge is 2.41. The minimum atomic E-state index is -0.283. The van der Waals surface area contributed by atoms with Crippen molar-refractivity contribution in [2.24, 2.45) is 0 Å². The van der Waals surface area contributed by atoms with Crippen LogP contribution in [0.3, 0.4) is 0 Å². The fourth-order valence-corrected chi connectivity index (χ4v) is 3.56. The van der Waals surface area contributed by atoms with E-state index in [9.17, 15) is 9.18 Å². The number of fused-ring (bicyclic) bond motifs is 1. The van der Waals surface area contributed by atoms with Gasteiger partial charge in [-0.3, -0.25) is 9.89 Å². The maximum atomic E-state index is 13.4. The van der Waals surface area contributed by atoms with Crippen LogP contribution in [-0.4, -0.2) is 27.5 Å². The Hall–Kier alpha value is -2.95. The minimum absolute atomic E-state index is 0.0440. The standard InChI is InChI=1S/C21H20FN3O/c1-2-3-13-25-20(15-9-11-16(22)12-10-15)17-18(14-7-5-4-6-8-14)23-24-19(17)21(25)26/h4-12,20H,2-3,13H2,1H3,(H,23,24). The number of carbonyl (C=O) groups is 1. The molecule has 0 saturated heterocycles. The summed E-state index contributed by atoms with van der Waals surface area (Å²) in [5, 5.41) is 7.36. The summed E-state index contributed by atoms with van der Waals surface area (Å²) < 4.78 is 13.4. The van der Waals surface area contributed by atoms with Gasteiger partial charge in [-0.1, -0.05) is 55.8 Å². The van der Waals surface area contributed by atoms with Crippen LogP contribution in [0.25, 0.3) is 11.3 Å². The first-order valence-corrected chi connectivity index (χ1v) is 8.90. The highest BCUT2D eigenvalue weighted by atomic mass is 19.1. The first-order valence-electron chi connectivity index (χ1n) is 8.90. The van der Waals surface area contributed by atoms with Gasteiger partial charge < -0.3 is 4.90 Å². The van der Waals surface area contributed by atoms with Gasteiger partial charge in [-0.25, -0.2) is 4.39 Å². The molecule has 0 saturated carbocycles. The van der Waals surface area contributed by atoms with Crippen molar-refractivity contribution in [2.45, 2.75) is 25.8 Å². The van der Waals surface area contributed by atoms with Gasteiger partial charge in [0.2, 0.25) is 0 Å². The molecule has 26 heavy (non-hydrogen) atoms. The maximum absolute atomic E-state index is 13.4. The summed E-state index contributed by atoms with van der Waals surface area (Å²) in [5.74, 6) is -0.327. The lowest BCUT2D eigenvalue weighted by Gasteiger charge is -2.26. The second-order valence-electron chi connectivity index (χ2n) is 6.53. The lowest BCUT2D eigenvalue weighted by Crippen LogP contribution is -2.30. The third kappa shape index (κ3) is 2.69. The van der Waals surface area contributed by atoms with E-state index in [1.165, 1.54) is 12.1 Å². The molecular weight excluding hydrogens is 329 g/mol. The van der Waals surface area contributed by atoms with Gasteiger partial charge in [0.1, 0.15) is 11.5 Å². The number of hydrogen-bond acceptors (Lipinski definition) is 2. The molecule has 1 aliphatic rings. The van der Waals surface area contributed by atoms with E-state index in [1.807, 2.05) is 35.2 Å². The summed E-state index contributed by atoms with van der Waals surface area (Å²) in [6, 6.07) is 16.0. The zero-order chi connectivity index (χ0) is 18.1. The summed E-state index contributed by atoms with van der Waals surface area (Å²) >= 11 is 0. The van der Waals surface area contributed by atoms with Crippen molar-refractivity contribution in [3.05, 3.63) is 77.2 Å². The number of amides is 1. The third-order valence-electron chi connectivity index (χ3n) is 4.85. The van der Waals surface area contributed by atoms with Crippen LogP contribution >= 0.6 is 0 Å². The lowest BCUT2D eigenvalue weighted by molar-refractivity contribution is 0.0741. The van der Waals surface area contributed by atoms with Crippen molar-refractivity contribution in [1.29, 1.82) is 0 Å². The molecule has 0 spiro atoms. The monoisotopic (exact) mass is 349 g/mol. The van der Waals surface area contributed by atoms with Crippen molar-refractivity contribution in [2.75, 3.05) is 6.54 Å². The molecule has 0 bridgehead atoms. The molecule has 1 atom stereocenters. The fraction of sp³-hybridized carbons (Fsp3) is 0.238. The Morgan fingerprint density at radius 2 is 1.85 bits per heavy atom. The van der Waals surface area contributed by atoms with Gasteiger partial charge in [0, 0.05) is 17.7 Å². The number of hydrogen-bond donors (Lipinski definition) is 1. The van der Waals surface area contributed by atoms with Crippen LogP contribution < -0.4 is 0 Å². The van der Waals surface area contributed by atoms with Crippen LogP contribution in [0.2, 0.25) is 0 Å². The van der Waals surface area contributed by atoms with Crippen molar-refractivity contribution < 1.29 is 9.18 Å². The maximum Gasteiger partial charge on any atom is 0.273 e. The van der Waals surface area contributed by atoms with E-state index in [0.29, 0.717) is 12.2 Å². The molecule has 0 aliphatic carbocycles. The predicted octanol–water partition coefficient (Wildman–Crippen LogP) is 4.56. The second-order valence-corrected chi connectivity index (χ2v) is 6.53. The largest absolute Gasteiger partial charge is 0.326 e. The zero-order valence-corrected chi connectivity index (χ0v) is 14.6. The van der Waals surface area contributed by atoms with Crippen molar-refractivity contribution in [1.82, 2.24) is 15.1 Å². The first-order chi connectivity index (χ1) is 12.7. The molecule has 0 radical (unpaired) electrons. The fourth-order valence-electron chi connectivity index (χ4n) is 3.56. The molecule has 1 N–H and O–H groups in total. The quantitative estimate of drug-likeness (QED) is 0.734. The molecule has 1 aliphatic heterocycles. The minimum Gasteiger partial charge on any atom is -0.326 e. The van der Waals surface area contributed by atoms with Crippen molar-refractivity contribution in [3.63, 3.8) is 0 Å². The van der Waals surface area contributed by atoms with Gasteiger partial charge >= 0.3 is 0 Å². The van der Waals surface area contributed by atoms with E-state index in [2.05, 4.69) is 17.1 Å². The number of nitrogens with one attached hydrogen (secondary N) is 1. The average molecular weight is 349 g/mol. The predicted molar refractivity (Wildman–Crippen MR) is 98.2 cm³/mol. The third-order valence-corrected chi connectivity index (χ3v) is 4.85. The molecule has 1 unspecified atom stereocenters. The van der Waals surface area contributed by atoms with Crippen LogP contribution in [0.5, 0.6) is 0 Å². The summed E-state index contributed by atoms with van der Waals surface area (Å²) in [5.41, 5.74) is 4.05. The Labute approximate surface area is 151 Å². The Morgan fingerprint density at radius 1 is 1.12 bits per heavy atom. The molecule has 3 aromatic rings. The van der Waals surface area contributed by atoms with Crippen LogP contribution in [0.1, 0.15) is 47.4 Å². The first kappa shape index (κ1) is 16.5. The molecule has 0 fully saturated rings. The molecule has 2 aromatic carbocycles. The Morgan fingerprint density at radius 3 is 2.54 bits per heavy atom. The smallest absolute Gasteiger partial charge is 0.273 e.